The van der Waals surface area contributed by atoms with E-state index in [0.717, 1.165) is 18.9 Å². The monoisotopic (exact) mass is 307 g/mol. The van der Waals surface area contributed by atoms with Gasteiger partial charge in [-0.1, -0.05) is 13.8 Å². The average molecular weight is 308 g/mol. The molecule has 0 aliphatic rings. The summed E-state index contributed by atoms with van der Waals surface area (Å²) < 4.78 is 27.5. The molecule has 1 rings (SSSR count). The summed E-state index contributed by atoms with van der Waals surface area (Å²) in [6, 6.07) is 1.15. The van der Waals surface area contributed by atoms with Gasteiger partial charge in [-0.05, 0) is 25.7 Å². The van der Waals surface area contributed by atoms with Gasteiger partial charge < -0.3 is 9.73 Å². The molecule has 108 valence electrons. The molecule has 0 saturated heterocycles. The molecule has 0 aromatic carbocycles. The summed E-state index contributed by atoms with van der Waals surface area (Å²) in [5.74, 6) is 0.220. The van der Waals surface area contributed by atoms with E-state index in [1.165, 1.54) is 6.92 Å². The molecule has 5 nitrogen and oxygen atoms in total. The zero-order valence-corrected chi connectivity index (χ0v) is 12.8. The van der Waals surface area contributed by atoms with Gasteiger partial charge in [-0.2, -0.15) is 0 Å². The summed E-state index contributed by atoms with van der Waals surface area (Å²) in [6.07, 6.45) is 1.88. The molecule has 1 N–H and O–H groups in total. The molecule has 0 aliphatic heterocycles. The third-order valence-electron chi connectivity index (χ3n) is 2.60. The Morgan fingerprint density at radius 1 is 1.47 bits per heavy atom. The Labute approximate surface area is 117 Å². The topological polar surface area (TPSA) is 76.4 Å². The summed E-state index contributed by atoms with van der Waals surface area (Å²) in [5, 5.41) is 2.68. The van der Waals surface area contributed by atoms with Crippen molar-refractivity contribution in [1.29, 1.82) is 0 Å². The first-order valence-corrected chi connectivity index (χ1v) is 8.36. The molecule has 0 radical (unpaired) electrons. The lowest BCUT2D eigenvalue weighted by Crippen LogP contribution is -2.24. The second-order valence-corrected chi connectivity index (χ2v) is 7.30. The Kier molecular flexibility index (Phi) is 5.43. The molecular formula is C12H18ClNO4S. The summed E-state index contributed by atoms with van der Waals surface area (Å²) >= 11 is 0. The van der Waals surface area contributed by atoms with Crippen LogP contribution in [0.2, 0.25) is 0 Å². The van der Waals surface area contributed by atoms with E-state index < -0.39 is 15.0 Å². The third-order valence-corrected chi connectivity index (χ3v) is 4.03. The maximum atomic E-state index is 11.7. The molecule has 1 aromatic rings. The van der Waals surface area contributed by atoms with Crippen LogP contribution in [0.25, 0.3) is 0 Å². The number of carbonyl (C=O) groups excluding carboxylic acids is 1. The molecule has 0 aliphatic carbocycles. The van der Waals surface area contributed by atoms with E-state index in [9.17, 15) is 13.2 Å². The average Bonchev–Trinajstić information content (AvgIpc) is 2.66. The highest BCUT2D eigenvalue weighted by Crippen LogP contribution is 2.23. The Balaban J connectivity index is 2.64. The van der Waals surface area contributed by atoms with E-state index in [1.807, 2.05) is 0 Å². The van der Waals surface area contributed by atoms with Gasteiger partial charge >= 0.3 is 0 Å². The Hall–Kier alpha value is -1.01. The van der Waals surface area contributed by atoms with E-state index >= 15 is 0 Å². The Morgan fingerprint density at radius 3 is 2.58 bits per heavy atom. The predicted molar refractivity (Wildman–Crippen MR) is 72.9 cm³/mol. The molecule has 1 heterocycles. The van der Waals surface area contributed by atoms with Gasteiger partial charge in [-0.3, -0.25) is 4.79 Å². The highest BCUT2D eigenvalue weighted by Gasteiger charge is 2.21. The zero-order valence-electron chi connectivity index (χ0n) is 11.2. The van der Waals surface area contributed by atoms with Crippen molar-refractivity contribution >= 4 is 25.6 Å². The maximum absolute atomic E-state index is 11.7. The molecule has 0 atom stereocenters. The smallest absolute Gasteiger partial charge is 0.287 e. The highest BCUT2D eigenvalue weighted by molar-refractivity contribution is 8.13. The van der Waals surface area contributed by atoms with Crippen LogP contribution < -0.4 is 5.32 Å². The molecule has 0 fully saturated rings. The number of hydrogen-bond donors (Lipinski definition) is 1. The molecule has 7 heteroatoms. The van der Waals surface area contributed by atoms with Gasteiger partial charge in [0.2, 0.25) is 0 Å². The largest absolute Gasteiger partial charge is 0.455 e. The van der Waals surface area contributed by atoms with Crippen molar-refractivity contribution in [1.82, 2.24) is 5.32 Å². The number of carbonyl (C=O) groups is 1. The molecule has 0 bridgehead atoms. The van der Waals surface area contributed by atoms with Crippen LogP contribution in [-0.4, -0.2) is 20.9 Å². The molecule has 19 heavy (non-hydrogen) atoms. The van der Waals surface area contributed by atoms with Gasteiger partial charge in [0.1, 0.15) is 10.7 Å². The van der Waals surface area contributed by atoms with Gasteiger partial charge in [0, 0.05) is 23.3 Å². The first-order chi connectivity index (χ1) is 8.71. The fourth-order valence-corrected chi connectivity index (χ4v) is 2.71. The van der Waals surface area contributed by atoms with Crippen LogP contribution in [-0.2, 0) is 9.05 Å². The van der Waals surface area contributed by atoms with Crippen LogP contribution in [0.3, 0.4) is 0 Å². The molecular weight excluding hydrogens is 290 g/mol. The second-order valence-electron chi connectivity index (χ2n) is 4.76. The van der Waals surface area contributed by atoms with Crippen molar-refractivity contribution < 1.29 is 17.6 Å². The molecule has 0 unspecified atom stereocenters. The van der Waals surface area contributed by atoms with E-state index in [4.69, 9.17) is 15.1 Å². The molecule has 0 spiro atoms. The fraction of sp³-hybridized carbons (Fsp3) is 0.583. The summed E-state index contributed by atoms with van der Waals surface area (Å²) in [7, 11) is 1.34. The third kappa shape index (κ3) is 4.87. The lowest BCUT2D eigenvalue weighted by Gasteiger charge is -2.05. The Bertz CT molecular complexity index is 548. The van der Waals surface area contributed by atoms with Crippen molar-refractivity contribution in [3.05, 3.63) is 17.6 Å². The highest BCUT2D eigenvalue weighted by atomic mass is 35.7. The normalized spacial score (nSPS) is 11.8. The van der Waals surface area contributed by atoms with Crippen LogP contribution in [0, 0.1) is 12.8 Å². The van der Waals surface area contributed by atoms with E-state index in [-0.39, 0.29) is 16.4 Å². The number of aryl methyl sites for hydroxylation is 1. The standard InChI is InChI=1S/C12H18ClNO4S/c1-8(2)5-4-6-14-12(15)10-7-11(9(3)18-10)19(13,16)17/h7-8H,4-6H2,1-3H3,(H,14,15). The number of amides is 1. The molecule has 0 saturated carbocycles. The van der Waals surface area contributed by atoms with Crippen LogP contribution in [0.4, 0.5) is 0 Å². The molecule has 1 aromatic heterocycles. The number of nitrogens with one attached hydrogen (secondary N) is 1. The van der Waals surface area contributed by atoms with Gasteiger partial charge in [0.25, 0.3) is 15.0 Å². The van der Waals surface area contributed by atoms with Crippen molar-refractivity contribution in [3.63, 3.8) is 0 Å². The van der Waals surface area contributed by atoms with Crippen LogP contribution >= 0.6 is 10.7 Å². The lowest BCUT2D eigenvalue weighted by atomic mass is 10.1. The first kappa shape index (κ1) is 16.0. The minimum absolute atomic E-state index is 0.0405. The Morgan fingerprint density at radius 2 is 2.11 bits per heavy atom. The van der Waals surface area contributed by atoms with Crippen molar-refractivity contribution in [2.24, 2.45) is 5.92 Å². The summed E-state index contributed by atoms with van der Waals surface area (Å²) in [5.41, 5.74) is 0. The minimum atomic E-state index is -3.88. The van der Waals surface area contributed by atoms with Crippen molar-refractivity contribution in [2.45, 2.75) is 38.5 Å². The number of furan rings is 1. The lowest BCUT2D eigenvalue weighted by molar-refractivity contribution is 0.0923. The number of rotatable bonds is 6. The zero-order chi connectivity index (χ0) is 14.6. The summed E-state index contributed by atoms with van der Waals surface area (Å²) in [6.45, 7) is 6.19. The van der Waals surface area contributed by atoms with Crippen LogP contribution in [0.1, 0.15) is 43.0 Å². The van der Waals surface area contributed by atoms with Crippen LogP contribution in [0.15, 0.2) is 15.4 Å². The fourth-order valence-electron chi connectivity index (χ4n) is 1.62. The van der Waals surface area contributed by atoms with Crippen molar-refractivity contribution in [2.75, 3.05) is 6.54 Å². The van der Waals surface area contributed by atoms with Crippen molar-refractivity contribution in [3.8, 4) is 0 Å². The van der Waals surface area contributed by atoms with E-state index in [2.05, 4.69) is 19.2 Å². The molecule has 1 amide bonds. The number of halogens is 1. The van der Waals surface area contributed by atoms with Gasteiger partial charge in [-0.25, -0.2) is 8.42 Å². The minimum Gasteiger partial charge on any atom is -0.455 e. The van der Waals surface area contributed by atoms with Gasteiger partial charge in [0.05, 0.1) is 0 Å². The quantitative estimate of drug-likeness (QED) is 0.647. The van der Waals surface area contributed by atoms with E-state index in [0.29, 0.717) is 12.5 Å². The van der Waals surface area contributed by atoms with E-state index in [1.54, 1.807) is 0 Å². The van der Waals surface area contributed by atoms with Crippen LogP contribution in [0.5, 0.6) is 0 Å². The second kappa shape index (κ2) is 6.43. The summed E-state index contributed by atoms with van der Waals surface area (Å²) in [4.78, 5) is 11.6. The van der Waals surface area contributed by atoms with Gasteiger partial charge in [0.15, 0.2) is 5.76 Å². The maximum Gasteiger partial charge on any atom is 0.287 e. The SMILES string of the molecule is Cc1oc(C(=O)NCCCC(C)C)cc1S(=O)(=O)Cl. The number of hydrogen-bond acceptors (Lipinski definition) is 4. The van der Waals surface area contributed by atoms with Gasteiger partial charge in [-0.15, -0.1) is 0 Å². The predicted octanol–water partition coefficient (Wildman–Crippen LogP) is 2.68. The first-order valence-electron chi connectivity index (χ1n) is 6.05.